The summed E-state index contributed by atoms with van der Waals surface area (Å²) >= 11 is 0. The van der Waals surface area contributed by atoms with Crippen molar-refractivity contribution in [1.29, 1.82) is 0 Å². The Kier molecular flexibility index (Phi) is 4.24. The van der Waals surface area contributed by atoms with Crippen LogP contribution < -0.4 is 15.5 Å². The Morgan fingerprint density at radius 1 is 1.26 bits per heavy atom. The Hall–Kier alpha value is -2.04. The zero-order valence-corrected chi connectivity index (χ0v) is 16.9. The minimum absolute atomic E-state index is 0.141. The number of amides is 3. The molecule has 1 aromatic carbocycles. The summed E-state index contributed by atoms with van der Waals surface area (Å²) in [7, 11) is 0. The average Bonchev–Trinajstić information content (AvgIpc) is 3.18. The third kappa shape index (κ3) is 2.74. The Balaban J connectivity index is 1.47. The number of anilines is 2. The van der Waals surface area contributed by atoms with Crippen LogP contribution in [0.1, 0.15) is 58.4 Å². The molecule has 1 aliphatic heterocycles. The van der Waals surface area contributed by atoms with Gasteiger partial charge < -0.3 is 15.5 Å². The molecule has 1 heterocycles. The molecule has 0 aromatic heterocycles. The van der Waals surface area contributed by atoms with Crippen molar-refractivity contribution in [2.24, 2.45) is 16.7 Å². The monoisotopic (exact) mass is 369 g/mol. The van der Waals surface area contributed by atoms with Crippen LogP contribution in [0.3, 0.4) is 0 Å². The Bertz CT molecular complexity index is 788. The van der Waals surface area contributed by atoms with Gasteiger partial charge in [-0.1, -0.05) is 26.8 Å². The predicted octanol–water partition coefficient (Wildman–Crippen LogP) is 4.46. The van der Waals surface area contributed by atoms with Crippen LogP contribution in [0, 0.1) is 23.7 Å². The fourth-order valence-electron chi connectivity index (χ4n) is 5.69. The molecule has 3 amide bonds. The lowest BCUT2D eigenvalue weighted by atomic mass is 9.69. The van der Waals surface area contributed by atoms with Crippen LogP contribution in [0.2, 0.25) is 0 Å². The van der Waals surface area contributed by atoms with E-state index in [9.17, 15) is 9.59 Å². The summed E-state index contributed by atoms with van der Waals surface area (Å²) in [5, 5.41) is 6.28. The summed E-state index contributed by atoms with van der Waals surface area (Å²) in [5.41, 5.74) is 3.06. The highest BCUT2D eigenvalue weighted by Crippen LogP contribution is 2.65. The van der Waals surface area contributed by atoms with E-state index in [-0.39, 0.29) is 28.8 Å². The number of fused-ring (bicyclic) bond motifs is 2. The molecule has 2 bridgehead atoms. The van der Waals surface area contributed by atoms with Gasteiger partial charge in [-0.3, -0.25) is 4.79 Å². The highest BCUT2D eigenvalue weighted by molar-refractivity contribution is 5.98. The fraction of sp³-hybridized carbons (Fsp3) is 0.636. The highest BCUT2D eigenvalue weighted by atomic mass is 16.2. The summed E-state index contributed by atoms with van der Waals surface area (Å²) in [6, 6.07) is 5.85. The first-order chi connectivity index (χ1) is 12.7. The van der Waals surface area contributed by atoms with E-state index >= 15 is 0 Å². The van der Waals surface area contributed by atoms with Crippen molar-refractivity contribution in [3.63, 3.8) is 0 Å². The number of carbonyl (C=O) groups is 2. The van der Waals surface area contributed by atoms with Gasteiger partial charge in [-0.15, -0.1) is 0 Å². The zero-order valence-electron chi connectivity index (χ0n) is 16.9. The first-order valence-corrected chi connectivity index (χ1v) is 10.2. The minimum atomic E-state index is -0.141. The lowest BCUT2D eigenvalue weighted by Gasteiger charge is -2.39. The molecular formula is C22H31N3O2. The average molecular weight is 370 g/mol. The zero-order chi connectivity index (χ0) is 19.4. The molecule has 0 unspecified atom stereocenters. The van der Waals surface area contributed by atoms with Crippen molar-refractivity contribution in [3.05, 3.63) is 23.8 Å². The van der Waals surface area contributed by atoms with Crippen LogP contribution in [0.25, 0.3) is 0 Å². The quantitative estimate of drug-likeness (QED) is 0.826. The molecule has 27 heavy (non-hydrogen) atoms. The third-order valence-corrected chi connectivity index (χ3v) is 8.02. The van der Waals surface area contributed by atoms with Crippen molar-refractivity contribution in [1.82, 2.24) is 5.32 Å². The maximum Gasteiger partial charge on any atom is 0.319 e. The molecule has 0 spiro atoms. The van der Waals surface area contributed by atoms with E-state index in [4.69, 9.17) is 0 Å². The van der Waals surface area contributed by atoms with Gasteiger partial charge in [0.2, 0.25) is 5.91 Å². The van der Waals surface area contributed by atoms with Crippen molar-refractivity contribution < 1.29 is 9.59 Å². The predicted molar refractivity (Wildman–Crippen MR) is 108 cm³/mol. The van der Waals surface area contributed by atoms with E-state index in [0.29, 0.717) is 12.3 Å². The second-order valence-electron chi connectivity index (χ2n) is 9.36. The van der Waals surface area contributed by atoms with E-state index in [2.05, 4.69) is 31.4 Å². The standard InChI is InChI=1S/C22H31N3O2/c1-14-16(7-5-8-17(14)25-12-6-9-19(25)26)23-20(27)24-18-13-15-10-11-22(18,4)21(15,2)3/h5,7-8,15,18H,6,9-13H2,1-4H3,(H2,23,24,27)/t15-,18-,22-/m1/s1. The molecule has 5 nitrogen and oxygen atoms in total. The van der Waals surface area contributed by atoms with Crippen LogP contribution in [-0.4, -0.2) is 24.5 Å². The van der Waals surface area contributed by atoms with Gasteiger partial charge in [0.05, 0.1) is 0 Å². The van der Waals surface area contributed by atoms with Crippen LogP contribution in [0.5, 0.6) is 0 Å². The van der Waals surface area contributed by atoms with E-state index in [1.54, 1.807) is 0 Å². The summed E-state index contributed by atoms with van der Waals surface area (Å²) in [5.74, 6) is 0.857. The maximum atomic E-state index is 12.7. The van der Waals surface area contributed by atoms with E-state index in [1.807, 2.05) is 30.0 Å². The summed E-state index contributed by atoms with van der Waals surface area (Å²) < 4.78 is 0. The molecule has 146 valence electrons. The molecule has 0 radical (unpaired) electrons. The molecule has 2 aliphatic carbocycles. The molecule has 3 aliphatic rings. The lowest BCUT2D eigenvalue weighted by molar-refractivity contribution is -0.117. The number of carbonyl (C=O) groups excluding carboxylic acids is 2. The van der Waals surface area contributed by atoms with Crippen molar-refractivity contribution in [2.75, 3.05) is 16.8 Å². The number of hydrogen-bond donors (Lipinski definition) is 2. The molecular weight excluding hydrogens is 338 g/mol. The minimum Gasteiger partial charge on any atom is -0.335 e. The molecule has 3 fully saturated rings. The topological polar surface area (TPSA) is 61.4 Å². The molecule has 5 heteroatoms. The van der Waals surface area contributed by atoms with Gasteiger partial charge in [-0.25, -0.2) is 4.79 Å². The van der Waals surface area contributed by atoms with Crippen LogP contribution in [-0.2, 0) is 4.79 Å². The number of nitrogens with zero attached hydrogens (tertiary/aromatic N) is 1. The van der Waals surface area contributed by atoms with E-state index in [0.717, 1.165) is 36.3 Å². The van der Waals surface area contributed by atoms with Gasteiger partial charge in [0, 0.05) is 30.4 Å². The Morgan fingerprint density at radius 2 is 2.04 bits per heavy atom. The van der Waals surface area contributed by atoms with Gasteiger partial charge >= 0.3 is 6.03 Å². The number of hydrogen-bond acceptors (Lipinski definition) is 2. The van der Waals surface area contributed by atoms with Crippen LogP contribution in [0.15, 0.2) is 18.2 Å². The second kappa shape index (κ2) is 6.25. The first kappa shape index (κ1) is 18.3. The molecule has 2 saturated carbocycles. The normalized spacial score (nSPS) is 31.4. The largest absolute Gasteiger partial charge is 0.335 e. The number of benzene rings is 1. The first-order valence-electron chi connectivity index (χ1n) is 10.2. The second-order valence-corrected chi connectivity index (χ2v) is 9.36. The maximum absolute atomic E-state index is 12.7. The smallest absolute Gasteiger partial charge is 0.319 e. The van der Waals surface area contributed by atoms with Crippen molar-refractivity contribution in [2.45, 2.75) is 65.8 Å². The van der Waals surface area contributed by atoms with Crippen molar-refractivity contribution >= 4 is 23.3 Å². The number of urea groups is 1. The Morgan fingerprint density at radius 3 is 2.63 bits per heavy atom. The molecule has 4 rings (SSSR count). The molecule has 1 saturated heterocycles. The van der Waals surface area contributed by atoms with Gasteiger partial charge in [-0.05, 0) is 67.1 Å². The fourth-order valence-corrected chi connectivity index (χ4v) is 5.69. The third-order valence-electron chi connectivity index (χ3n) is 8.02. The summed E-state index contributed by atoms with van der Waals surface area (Å²) in [6.07, 6.45) is 5.02. The Labute approximate surface area is 161 Å². The highest BCUT2D eigenvalue weighted by Gasteiger charge is 2.61. The van der Waals surface area contributed by atoms with Crippen LogP contribution in [0.4, 0.5) is 16.2 Å². The number of nitrogens with one attached hydrogen (secondary N) is 2. The summed E-state index contributed by atoms with van der Waals surface area (Å²) in [6.45, 7) is 9.76. The van der Waals surface area contributed by atoms with Gasteiger partial charge in [0.25, 0.3) is 0 Å². The van der Waals surface area contributed by atoms with Gasteiger partial charge in [0.15, 0.2) is 0 Å². The molecule has 1 aromatic rings. The van der Waals surface area contributed by atoms with Gasteiger partial charge in [0.1, 0.15) is 0 Å². The molecule has 3 atom stereocenters. The van der Waals surface area contributed by atoms with E-state index < -0.39 is 0 Å². The number of rotatable bonds is 3. The van der Waals surface area contributed by atoms with Gasteiger partial charge in [-0.2, -0.15) is 0 Å². The van der Waals surface area contributed by atoms with Crippen LogP contribution >= 0.6 is 0 Å². The van der Waals surface area contributed by atoms with Crippen molar-refractivity contribution in [3.8, 4) is 0 Å². The SMILES string of the molecule is Cc1c(NC(=O)N[C@@H]2C[C@H]3CC[C@@]2(C)C3(C)C)cccc1N1CCCC1=O. The lowest BCUT2D eigenvalue weighted by Crippen LogP contribution is -2.48. The van der Waals surface area contributed by atoms with E-state index in [1.165, 1.54) is 12.8 Å². The molecule has 2 N–H and O–H groups in total. The summed E-state index contributed by atoms with van der Waals surface area (Å²) in [4.78, 5) is 26.7.